The molecule has 0 aliphatic carbocycles. The number of benzene rings is 1. The highest BCUT2D eigenvalue weighted by atomic mass is 19.3. The molecule has 0 bridgehead atoms. The van der Waals surface area contributed by atoms with Gasteiger partial charge in [-0.2, -0.15) is 0 Å². The van der Waals surface area contributed by atoms with Crippen LogP contribution in [0.3, 0.4) is 0 Å². The van der Waals surface area contributed by atoms with Gasteiger partial charge in [-0.25, -0.2) is 13.6 Å². The van der Waals surface area contributed by atoms with Crippen molar-refractivity contribution >= 4 is 6.09 Å². The van der Waals surface area contributed by atoms with Crippen molar-refractivity contribution in [3.05, 3.63) is 23.8 Å². The molecule has 7 heteroatoms. The lowest BCUT2D eigenvalue weighted by Gasteiger charge is -2.32. The van der Waals surface area contributed by atoms with Crippen LogP contribution in [0.15, 0.2) is 18.2 Å². The molecule has 0 saturated carbocycles. The first-order chi connectivity index (χ1) is 7.90. The van der Waals surface area contributed by atoms with Crippen LogP contribution in [0.5, 0.6) is 11.5 Å². The number of alkyl halides is 2. The van der Waals surface area contributed by atoms with Crippen LogP contribution in [0.2, 0.25) is 0 Å². The number of amides is 1. The zero-order valence-electron chi connectivity index (χ0n) is 8.48. The summed E-state index contributed by atoms with van der Waals surface area (Å²) in [6, 6.07) is 1.47. The number of hydrogen-bond donors (Lipinski definition) is 3. The highest BCUT2D eigenvalue weighted by Crippen LogP contribution is 2.39. The van der Waals surface area contributed by atoms with Crippen LogP contribution in [0.4, 0.5) is 13.6 Å². The van der Waals surface area contributed by atoms with Crippen molar-refractivity contribution in [2.75, 3.05) is 6.61 Å². The lowest BCUT2D eigenvalue weighted by molar-refractivity contribution is -0.104. The monoisotopic (exact) mass is 245 g/mol. The van der Waals surface area contributed by atoms with Crippen LogP contribution in [0, 0.1) is 0 Å². The first kappa shape index (κ1) is 11.4. The molecule has 0 unspecified atom stereocenters. The number of carbonyl (C=O) groups excluding carboxylic acids is 1. The summed E-state index contributed by atoms with van der Waals surface area (Å²) in [6.07, 6.45) is -0.997. The standard InChI is InChI=1S/C10H9F2NO4/c11-10(12)4-17-9(16)13-8(10)6-3-5(14)1-2-7(6)15/h1-3,8,14-15H,4H2,(H,13,16)/t8-/m1/s1. The summed E-state index contributed by atoms with van der Waals surface area (Å²) < 4.78 is 31.2. The Morgan fingerprint density at radius 1 is 1.41 bits per heavy atom. The fraction of sp³-hybridized carbons (Fsp3) is 0.300. The molecule has 1 aromatic carbocycles. The highest BCUT2D eigenvalue weighted by Gasteiger charge is 2.47. The minimum atomic E-state index is -3.36. The van der Waals surface area contributed by atoms with Crippen LogP contribution >= 0.6 is 0 Å². The van der Waals surface area contributed by atoms with Gasteiger partial charge in [0.1, 0.15) is 17.5 Å². The van der Waals surface area contributed by atoms with E-state index >= 15 is 0 Å². The van der Waals surface area contributed by atoms with Gasteiger partial charge in [-0.05, 0) is 18.2 Å². The van der Waals surface area contributed by atoms with Crippen LogP contribution in [-0.4, -0.2) is 28.8 Å². The predicted octanol–water partition coefficient (Wildman–Crippen LogP) is 1.51. The van der Waals surface area contributed by atoms with Gasteiger partial charge < -0.3 is 20.3 Å². The summed E-state index contributed by atoms with van der Waals surface area (Å²) in [5.41, 5.74) is -0.258. The Kier molecular flexibility index (Phi) is 2.53. The second kappa shape index (κ2) is 3.76. The van der Waals surface area contributed by atoms with E-state index in [1.807, 2.05) is 5.32 Å². The quantitative estimate of drug-likeness (QED) is 0.655. The molecular formula is C10H9F2NO4. The van der Waals surface area contributed by atoms with Crippen LogP contribution in [0.1, 0.15) is 11.6 Å². The normalized spacial score (nSPS) is 22.7. The summed E-state index contributed by atoms with van der Waals surface area (Å²) in [4.78, 5) is 10.9. The minimum absolute atomic E-state index is 0.258. The molecule has 1 amide bonds. The SMILES string of the molecule is O=C1N[C@H](c2cc(O)ccc2O)C(F)(F)CO1. The Balaban J connectivity index is 2.42. The molecule has 1 saturated heterocycles. The van der Waals surface area contributed by atoms with Crippen molar-refractivity contribution in [3.63, 3.8) is 0 Å². The number of cyclic esters (lactones) is 1. The van der Waals surface area contributed by atoms with Crippen molar-refractivity contribution in [1.82, 2.24) is 5.32 Å². The second-order valence-electron chi connectivity index (χ2n) is 3.66. The van der Waals surface area contributed by atoms with E-state index in [1.165, 1.54) is 0 Å². The fourth-order valence-electron chi connectivity index (χ4n) is 1.59. The van der Waals surface area contributed by atoms with Crippen molar-refractivity contribution in [2.24, 2.45) is 0 Å². The maximum absolute atomic E-state index is 13.5. The molecule has 17 heavy (non-hydrogen) atoms. The maximum Gasteiger partial charge on any atom is 0.408 e. The molecule has 1 aliphatic heterocycles. The zero-order valence-corrected chi connectivity index (χ0v) is 8.48. The number of phenolic OH excluding ortho intramolecular Hbond substituents is 2. The molecule has 92 valence electrons. The van der Waals surface area contributed by atoms with E-state index in [0.29, 0.717) is 0 Å². The van der Waals surface area contributed by atoms with Crippen molar-refractivity contribution in [3.8, 4) is 11.5 Å². The van der Waals surface area contributed by atoms with Gasteiger partial charge in [-0.3, -0.25) is 0 Å². The highest BCUT2D eigenvalue weighted by molar-refractivity contribution is 5.69. The predicted molar refractivity (Wildman–Crippen MR) is 51.9 cm³/mol. The largest absolute Gasteiger partial charge is 0.508 e. The third-order valence-electron chi connectivity index (χ3n) is 2.40. The fourth-order valence-corrected chi connectivity index (χ4v) is 1.59. The van der Waals surface area contributed by atoms with Gasteiger partial charge in [0.15, 0.2) is 6.61 Å². The van der Waals surface area contributed by atoms with E-state index in [1.54, 1.807) is 0 Å². The Morgan fingerprint density at radius 3 is 2.82 bits per heavy atom. The molecule has 0 spiro atoms. The Morgan fingerprint density at radius 2 is 2.12 bits per heavy atom. The molecule has 1 aliphatic rings. The zero-order chi connectivity index (χ0) is 12.6. The van der Waals surface area contributed by atoms with Crippen molar-refractivity contribution in [1.29, 1.82) is 0 Å². The maximum atomic E-state index is 13.5. The smallest absolute Gasteiger partial charge is 0.408 e. The lowest BCUT2D eigenvalue weighted by Crippen LogP contribution is -2.49. The third-order valence-corrected chi connectivity index (χ3v) is 2.40. The molecule has 1 atom stereocenters. The molecule has 0 aromatic heterocycles. The summed E-state index contributed by atoms with van der Waals surface area (Å²) in [6.45, 7) is -1.07. The second-order valence-corrected chi connectivity index (χ2v) is 3.66. The number of alkyl carbamates (subject to hydrolysis) is 1. The van der Waals surface area contributed by atoms with Crippen LogP contribution < -0.4 is 5.32 Å². The minimum Gasteiger partial charge on any atom is -0.508 e. The molecule has 5 nitrogen and oxygen atoms in total. The number of carbonyl (C=O) groups is 1. The number of aromatic hydroxyl groups is 2. The topological polar surface area (TPSA) is 78.8 Å². The molecular weight excluding hydrogens is 236 g/mol. The molecule has 1 fully saturated rings. The van der Waals surface area contributed by atoms with E-state index < -0.39 is 30.4 Å². The number of halogens is 2. The summed E-state index contributed by atoms with van der Waals surface area (Å²) >= 11 is 0. The lowest BCUT2D eigenvalue weighted by atomic mass is 9.99. The molecule has 1 heterocycles. The van der Waals surface area contributed by atoms with Gasteiger partial charge in [-0.1, -0.05) is 0 Å². The Hall–Kier alpha value is -2.05. The van der Waals surface area contributed by atoms with Gasteiger partial charge >= 0.3 is 12.0 Å². The Labute approximate surface area is 94.6 Å². The van der Waals surface area contributed by atoms with Crippen molar-refractivity contribution in [2.45, 2.75) is 12.0 Å². The Bertz CT molecular complexity index is 464. The molecule has 0 radical (unpaired) electrons. The van der Waals surface area contributed by atoms with Gasteiger partial charge in [-0.15, -0.1) is 0 Å². The average Bonchev–Trinajstić information content (AvgIpc) is 2.26. The van der Waals surface area contributed by atoms with Gasteiger partial charge in [0.2, 0.25) is 0 Å². The van der Waals surface area contributed by atoms with E-state index in [-0.39, 0.29) is 11.3 Å². The van der Waals surface area contributed by atoms with Crippen molar-refractivity contribution < 1.29 is 28.5 Å². The van der Waals surface area contributed by atoms with E-state index in [0.717, 1.165) is 18.2 Å². The average molecular weight is 245 g/mol. The number of ether oxygens (including phenoxy) is 1. The van der Waals surface area contributed by atoms with E-state index in [4.69, 9.17) is 0 Å². The van der Waals surface area contributed by atoms with E-state index in [2.05, 4.69) is 4.74 Å². The van der Waals surface area contributed by atoms with E-state index in [9.17, 15) is 23.8 Å². The number of nitrogens with one attached hydrogen (secondary N) is 1. The van der Waals surface area contributed by atoms with Gasteiger partial charge in [0.05, 0.1) is 0 Å². The summed E-state index contributed by atoms with van der Waals surface area (Å²) in [5.74, 6) is -4.08. The number of rotatable bonds is 1. The van der Waals surface area contributed by atoms with Crippen LogP contribution in [-0.2, 0) is 4.74 Å². The molecule has 1 aromatic rings. The van der Waals surface area contributed by atoms with Gasteiger partial charge in [0, 0.05) is 5.56 Å². The first-order valence-corrected chi connectivity index (χ1v) is 4.73. The number of phenols is 2. The van der Waals surface area contributed by atoms with Crippen LogP contribution in [0.25, 0.3) is 0 Å². The summed E-state index contributed by atoms with van der Waals surface area (Å²) in [5, 5.41) is 20.6. The molecule has 3 N–H and O–H groups in total. The summed E-state index contributed by atoms with van der Waals surface area (Å²) in [7, 11) is 0. The number of hydrogen-bond acceptors (Lipinski definition) is 4. The van der Waals surface area contributed by atoms with Gasteiger partial charge in [0.25, 0.3) is 0 Å². The third kappa shape index (κ3) is 2.08. The first-order valence-electron chi connectivity index (χ1n) is 4.73. The molecule has 2 rings (SSSR count).